The second-order valence-electron chi connectivity index (χ2n) is 8.79. The Bertz CT molecular complexity index is 1400. The number of para-hydroxylation sites is 1. The molecular weight excluding hydrogens is 484 g/mol. The summed E-state index contributed by atoms with van der Waals surface area (Å²) in [4.78, 5) is 59.2. The molecule has 0 aromatic heterocycles. The molecule has 37 heavy (non-hydrogen) atoms. The standard InChI is InChI=1S/C25H18N4O8/c30-20(11-6-14-4-9-18(10-5-14)28(33)34)37-23-17(2-1-3-19(23)29(35)36)13-26-27-24(31)21-15-7-8-16(12-15)22(21)25(27)32/h1-11,13,15-16,21-22H,12H2/b11-6+,26-13?/t15-,16-,21-,22+/m0/s1. The Morgan fingerprint density at radius 1 is 0.973 bits per heavy atom. The Balaban J connectivity index is 1.36. The fraction of sp³-hybridized carbons (Fsp3) is 0.200. The van der Waals surface area contributed by atoms with Crippen LogP contribution in [0, 0.1) is 43.9 Å². The SMILES string of the molecule is O=C(/C=C/c1ccc([N+](=O)[O-])cc1)Oc1c(C=NN2C(=O)[C@@H]3[C@H](C2=O)[C@H]2C=C[C@H]3C2)cccc1[N+](=O)[O-]. The summed E-state index contributed by atoms with van der Waals surface area (Å²) < 4.78 is 5.24. The maximum Gasteiger partial charge on any atom is 0.336 e. The molecule has 2 aliphatic carbocycles. The zero-order valence-corrected chi connectivity index (χ0v) is 19.0. The summed E-state index contributed by atoms with van der Waals surface area (Å²) >= 11 is 0. The lowest BCUT2D eigenvalue weighted by Gasteiger charge is -2.13. The number of esters is 1. The van der Waals surface area contributed by atoms with E-state index in [0.717, 1.165) is 29.8 Å². The Labute approximate surface area is 208 Å². The molecular formula is C25H18N4O8. The number of ether oxygens (including phenoxy) is 1. The first-order valence-electron chi connectivity index (χ1n) is 11.3. The van der Waals surface area contributed by atoms with E-state index in [9.17, 15) is 34.6 Å². The predicted octanol–water partition coefficient (Wildman–Crippen LogP) is 3.26. The molecule has 1 saturated carbocycles. The van der Waals surface area contributed by atoms with Crippen LogP contribution < -0.4 is 4.74 Å². The number of nitro groups is 2. The molecule has 0 N–H and O–H groups in total. The highest BCUT2D eigenvalue weighted by atomic mass is 16.6. The van der Waals surface area contributed by atoms with E-state index >= 15 is 0 Å². The summed E-state index contributed by atoms with van der Waals surface area (Å²) in [6, 6.07) is 9.26. The van der Waals surface area contributed by atoms with Gasteiger partial charge in [-0.2, -0.15) is 10.1 Å². The normalized spacial score (nSPS) is 23.8. The number of rotatable bonds is 7. The molecule has 1 heterocycles. The number of imide groups is 1. The van der Waals surface area contributed by atoms with Crippen LogP contribution >= 0.6 is 0 Å². The number of benzene rings is 2. The molecule has 2 aromatic rings. The first-order valence-corrected chi connectivity index (χ1v) is 11.3. The van der Waals surface area contributed by atoms with E-state index in [4.69, 9.17) is 4.74 Å². The third-order valence-corrected chi connectivity index (χ3v) is 6.70. The topological polar surface area (TPSA) is 162 Å². The third kappa shape index (κ3) is 4.29. The van der Waals surface area contributed by atoms with Crippen molar-refractivity contribution in [3.8, 4) is 5.75 Å². The summed E-state index contributed by atoms with van der Waals surface area (Å²) in [5, 5.41) is 27.1. The van der Waals surface area contributed by atoms with Crippen molar-refractivity contribution in [2.45, 2.75) is 6.42 Å². The minimum absolute atomic E-state index is 0.00326. The van der Waals surface area contributed by atoms with Crippen LogP contribution in [0.4, 0.5) is 11.4 Å². The maximum absolute atomic E-state index is 12.8. The molecule has 0 spiro atoms. The number of carbonyl (C=O) groups excluding carboxylic acids is 3. The van der Waals surface area contributed by atoms with E-state index in [1.54, 1.807) is 0 Å². The lowest BCUT2D eigenvalue weighted by molar-refractivity contribution is -0.385. The summed E-state index contributed by atoms with van der Waals surface area (Å²) in [6.07, 6.45) is 8.09. The van der Waals surface area contributed by atoms with Gasteiger partial charge in [0.25, 0.3) is 17.5 Å². The van der Waals surface area contributed by atoms with E-state index in [2.05, 4.69) is 5.10 Å². The molecule has 2 amide bonds. The summed E-state index contributed by atoms with van der Waals surface area (Å²) in [6.45, 7) is 0. The van der Waals surface area contributed by atoms with Gasteiger partial charge in [-0.25, -0.2) is 4.79 Å². The van der Waals surface area contributed by atoms with Crippen molar-refractivity contribution in [1.82, 2.24) is 5.01 Å². The number of allylic oxidation sites excluding steroid dienone is 2. The van der Waals surface area contributed by atoms with Gasteiger partial charge in [-0.1, -0.05) is 18.2 Å². The van der Waals surface area contributed by atoms with Gasteiger partial charge in [0.15, 0.2) is 0 Å². The zero-order chi connectivity index (χ0) is 26.3. The molecule has 5 rings (SSSR count). The van der Waals surface area contributed by atoms with Crippen molar-refractivity contribution in [2.75, 3.05) is 0 Å². The lowest BCUT2D eigenvalue weighted by atomic mass is 9.85. The first-order chi connectivity index (χ1) is 17.7. The van der Waals surface area contributed by atoms with E-state index in [-0.39, 0.29) is 23.1 Å². The third-order valence-electron chi connectivity index (χ3n) is 6.70. The molecule has 2 bridgehead atoms. The highest BCUT2D eigenvalue weighted by Crippen LogP contribution is 2.52. The molecule has 12 heteroatoms. The van der Waals surface area contributed by atoms with Crippen LogP contribution in [-0.4, -0.2) is 38.9 Å². The summed E-state index contributed by atoms with van der Waals surface area (Å²) in [5.41, 5.74) is -0.151. The quantitative estimate of drug-likeness (QED) is 0.0814. The van der Waals surface area contributed by atoms with Crippen LogP contribution in [-0.2, 0) is 14.4 Å². The predicted molar refractivity (Wildman–Crippen MR) is 128 cm³/mol. The van der Waals surface area contributed by atoms with Crippen LogP contribution in [0.5, 0.6) is 5.75 Å². The Morgan fingerprint density at radius 3 is 2.22 bits per heavy atom. The number of non-ortho nitro benzene ring substituents is 1. The van der Waals surface area contributed by atoms with Gasteiger partial charge in [0, 0.05) is 29.8 Å². The molecule has 0 unspecified atom stereocenters. The molecule has 3 aliphatic rings. The highest BCUT2D eigenvalue weighted by molar-refractivity contribution is 6.07. The Kier molecular flexibility index (Phi) is 5.91. The number of hydrogen-bond acceptors (Lipinski definition) is 9. The van der Waals surface area contributed by atoms with Gasteiger partial charge >= 0.3 is 11.7 Å². The second kappa shape index (κ2) is 9.22. The first kappa shape index (κ1) is 23.7. The molecule has 186 valence electrons. The van der Waals surface area contributed by atoms with E-state index in [0.29, 0.717) is 5.56 Å². The van der Waals surface area contributed by atoms with Gasteiger partial charge in [0.2, 0.25) is 5.75 Å². The number of fused-ring (bicyclic) bond motifs is 5. The van der Waals surface area contributed by atoms with Gasteiger partial charge in [-0.05, 0) is 48.1 Å². The van der Waals surface area contributed by atoms with Gasteiger partial charge in [-0.15, -0.1) is 0 Å². The van der Waals surface area contributed by atoms with Crippen molar-refractivity contribution >= 4 is 41.4 Å². The summed E-state index contributed by atoms with van der Waals surface area (Å²) in [5.74, 6) is -3.09. The Hall–Kier alpha value is -5.00. The highest BCUT2D eigenvalue weighted by Gasteiger charge is 2.59. The van der Waals surface area contributed by atoms with Gasteiger partial charge < -0.3 is 4.74 Å². The van der Waals surface area contributed by atoms with Gasteiger partial charge in [-0.3, -0.25) is 29.8 Å². The Morgan fingerprint density at radius 2 is 1.62 bits per heavy atom. The van der Waals surface area contributed by atoms with Crippen LogP contribution in [0.15, 0.2) is 65.8 Å². The zero-order valence-electron chi connectivity index (χ0n) is 19.0. The van der Waals surface area contributed by atoms with Gasteiger partial charge in [0.05, 0.1) is 27.9 Å². The minimum Gasteiger partial charge on any atom is -0.415 e. The molecule has 4 atom stereocenters. The van der Waals surface area contributed by atoms with Crippen LogP contribution in [0.3, 0.4) is 0 Å². The largest absolute Gasteiger partial charge is 0.415 e. The molecule has 0 radical (unpaired) electrons. The number of carbonyl (C=O) groups is 3. The second-order valence-corrected chi connectivity index (χ2v) is 8.79. The molecule has 2 fully saturated rings. The molecule has 12 nitrogen and oxygen atoms in total. The summed E-state index contributed by atoms with van der Waals surface area (Å²) in [7, 11) is 0. The smallest absolute Gasteiger partial charge is 0.336 e. The molecule has 2 aromatic carbocycles. The van der Waals surface area contributed by atoms with E-state index in [1.165, 1.54) is 42.5 Å². The fourth-order valence-electron chi connectivity index (χ4n) is 5.03. The molecule has 1 saturated heterocycles. The number of nitro benzene ring substituents is 2. The van der Waals surface area contributed by atoms with Crippen molar-refractivity contribution in [3.63, 3.8) is 0 Å². The number of amides is 2. The lowest BCUT2D eigenvalue weighted by Crippen LogP contribution is -2.28. The van der Waals surface area contributed by atoms with E-state index < -0.39 is 50.9 Å². The number of hydrazone groups is 1. The van der Waals surface area contributed by atoms with Crippen molar-refractivity contribution in [3.05, 3.63) is 92.0 Å². The van der Waals surface area contributed by atoms with Crippen LogP contribution in [0.1, 0.15) is 17.5 Å². The van der Waals surface area contributed by atoms with Crippen molar-refractivity contribution < 1.29 is 29.0 Å². The monoisotopic (exact) mass is 502 g/mol. The maximum atomic E-state index is 12.8. The minimum atomic E-state index is -0.951. The van der Waals surface area contributed by atoms with Crippen molar-refractivity contribution in [2.24, 2.45) is 28.8 Å². The van der Waals surface area contributed by atoms with Crippen LogP contribution in [0.25, 0.3) is 6.08 Å². The van der Waals surface area contributed by atoms with Crippen LogP contribution in [0.2, 0.25) is 0 Å². The average Bonchev–Trinajstić information content (AvgIpc) is 3.56. The van der Waals surface area contributed by atoms with Crippen molar-refractivity contribution in [1.29, 1.82) is 0 Å². The van der Waals surface area contributed by atoms with E-state index in [1.807, 2.05) is 12.2 Å². The average molecular weight is 502 g/mol. The number of hydrogen-bond donors (Lipinski definition) is 0. The number of nitrogens with zero attached hydrogens (tertiary/aromatic N) is 4. The fourth-order valence-corrected chi connectivity index (χ4v) is 5.03. The molecule has 1 aliphatic heterocycles. The van der Waals surface area contributed by atoms with Gasteiger partial charge in [0.1, 0.15) is 0 Å².